The Kier molecular flexibility index (Phi) is 15.8. The first kappa shape index (κ1) is 37.8. The molecule has 0 spiro atoms. The third kappa shape index (κ3) is 12.5. The van der Waals surface area contributed by atoms with E-state index in [1.807, 2.05) is 0 Å². The van der Waals surface area contributed by atoms with Crippen LogP contribution in [0.25, 0.3) is 0 Å². The zero-order chi connectivity index (χ0) is 33.6. The number of hydrogen-bond acceptors (Lipinski definition) is 9. The number of hydrogen-bond donors (Lipinski definition) is 10. The fraction of sp³-hybridized carbons (Fsp3) is 0.667. The average Bonchev–Trinajstić information content (AvgIpc) is 3.47. The molecule has 4 amide bonds. The van der Waals surface area contributed by atoms with E-state index in [1.54, 1.807) is 27.7 Å². The topological polar surface area (TPSA) is 293 Å². The molecular formula is C27H48N10O7. The normalized spacial score (nSPS) is 15.9. The lowest BCUT2D eigenvalue weighted by Crippen LogP contribution is -2.61. The van der Waals surface area contributed by atoms with E-state index < -0.39 is 71.8 Å². The largest absolute Gasteiger partial charge is 0.480 e. The lowest BCUT2D eigenvalue weighted by atomic mass is 9.98. The van der Waals surface area contributed by atoms with Gasteiger partial charge in [-0.25, -0.2) is 9.78 Å². The minimum absolute atomic E-state index is 0.0738. The molecule has 17 nitrogen and oxygen atoms in total. The van der Waals surface area contributed by atoms with Crippen molar-refractivity contribution in [3.8, 4) is 0 Å². The highest BCUT2D eigenvalue weighted by Gasteiger charge is 2.35. The molecule has 0 unspecified atom stereocenters. The predicted molar refractivity (Wildman–Crippen MR) is 162 cm³/mol. The molecule has 0 saturated carbocycles. The van der Waals surface area contributed by atoms with Gasteiger partial charge < -0.3 is 53.7 Å². The molecule has 0 aliphatic carbocycles. The van der Waals surface area contributed by atoms with Crippen LogP contribution in [0.15, 0.2) is 17.5 Å². The van der Waals surface area contributed by atoms with E-state index in [9.17, 15) is 34.2 Å². The van der Waals surface area contributed by atoms with Crippen molar-refractivity contribution in [3.05, 3.63) is 18.2 Å². The molecular weight excluding hydrogens is 576 g/mol. The van der Waals surface area contributed by atoms with Crippen LogP contribution in [0.3, 0.4) is 0 Å². The van der Waals surface area contributed by atoms with E-state index in [0.29, 0.717) is 12.1 Å². The molecule has 13 N–H and O–H groups in total. The Labute approximate surface area is 256 Å². The summed E-state index contributed by atoms with van der Waals surface area (Å²) in [5.41, 5.74) is 17.1. The van der Waals surface area contributed by atoms with Crippen LogP contribution in [-0.4, -0.2) is 98.6 Å². The average molecular weight is 625 g/mol. The molecule has 0 fully saturated rings. The molecule has 1 aromatic heterocycles. The number of aliphatic imine (C=N–C) groups is 1. The summed E-state index contributed by atoms with van der Waals surface area (Å²) < 4.78 is 0. The van der Waals surface area contributed by atoms with Gasteiger partial charge in [0, 0.05) is 24.9 Å². The number of aromatic nitrogens is 2. The molecule has 1 rings (SSSR count). The number of aromatic amines is 1. The summed E-state index contributed by atoms with van der Waals surface area (Å²) in [6, 6.07) is -6.15. The highest BCUT2D eigenvalue weighted by atomic mass is 16.4. The number of nitrogens with zero attached hydrogens (tertiary/aromatic N) is 2. The molecule has 17 heteroatoms. The van der Waals surface area contributed by atoms with Gasteiger partial charge in [-0.1, -0.05) is 34.1 Å². The number of nitrogens with two attached hydrogens (primary N) is 3. The van der Waals surface area contributed by atoms with Crippen molar-refractivity contribution >= 4 is 35.6 Å². The molecule has 1 aromatic rings. The van der Waals surface area contributed by atoms with Gasteiger partial charge in [-0.3, -0.25) is 24.2 Å². The number of amides is 4. The monoisotopic (exact) mass is 624 g/mol. The zero-order valence-electron chi connectivity index (χ0n) is 25.9. The molecule has 0 bridgehead atoms. The van der Waals surface area contributed by atoms with Gasteiger partial charge in [-0.15, -0.1) is 0 Å². The minimum atomic E-state index is -1.56. The molecule has 0 radical (unpaired) electrons. The third-order valence-corrected chi connectivity index (χ3v) is 7.05. The summed E-state index contributed by atoms with van der Waals surface area (Å²) in [5.74, 6) is -5.11. The van der Waals surface area contributed by atoms with Crippen LogP contribution < -0.4 is 38.5 Å². The van der Waals surface area contributed by atoms with Crippen LogP contribution in [0.5, 0.6) is 0 Å². The minimum Gasteiger partial charge on any atom is -0.480 e. The zero-order valence-corrected chi connectivity index (χ0v) is 25.9. The highest BCUT2D eigenvalue weighted by Crippen LogP contribution is 2.10. The maximum absolute atomic E-state index is 13.4. The lowest BCUT2D eigenvalue weighted by Gasteiger charge is -2.28. The quantitative estimate of drug-likeness (QED) is 0.0434. The molecule has 0 aliphatic heterocycles. The van der Waals surface area contributed by atoms with Gasteiger partial charge in [0.25, 0.3) is 0 Å². The lowest BCUT2D eigenvalue weighted by molar-refractivity contribution is -0.144. The Hall–Kier alpha value is -4.25. The van der Waals surface area contributed by atoms with E-state index in [1.165, 1.54) is 19.4 Å². The van der Waals surface area contributed by atoms with Crippen molar-refractivity contribution < 1.29 is 34.2 Å². The van der Waals surface area contributed by atoms with Gasteiger partial charge in [-0.05, 0) is 31.6 Å². The van der Waals surface area contributed by atoms with Crippen LogP contribution in [0.1, 0.15) is 59.6 Å². The fourth-order valence-corrected chi connectivity index (χ4v) is 4.03. The van der Waals surface area contributed by atoms with E-state index in [0.717, 1.165) is 0 Å². The molecule has 0 aromatic carbocycles. The van der Waals surface area contributed by atoms with E-state index in [-0.39, 0.29) is 37.7 Å². The SMILES string of the molecule is CC[C@H](C)[C@H](NC(=O)[C@H](Cc1cnc[nH]1)NC(=O)[C@@H](NC(=O)[C@H](CCCN=C(N)N)NC(=O)[C@@H](N)C(C)C)[C@@H](C)O)C(=O)O. The molecule has 0 aliphatic rings. The number of imidazole rings is 1. The number of nitrogens with one attached hydrogen (secondary N) is 5. The van der Waals surface area contributed by atoms with E-state index >= 15 is 0 Å². The number of carbonyl (C=O) groups excluding carboxylic acids is 4. The molecule has 44 heavy (non-hydrogen) atoms. The number of carboxylic acid groups (broad SMARTS) is 1. The Morgan fingerprint density at radius 3 is 2.02 bits per heavy atom. The summed E-state index contributed by atoms with van der Waals surface area (Å²) in [7, 11) is 0. The first-order valence-corrected chi connectivity index (χ1v) is 14.5. The first-order chi connectivity index (χ1) is 20.6. The smallest absolute Gasteiger partial charge is 0.326 e. The standard InChI is InChI=1S/C27H48N10O7/c1-6-14(4)20(26(43)44)36-23(40)18(10-16-11-31-12-33-16)35-25(42)21(15(5)38)37-22(39)17(8-7-9-32-27(29)30)34-24(41)19(28)13(2)3/h11-15,17-21,38H,6-10,28H2,1-5H3,(H,31,33)(H,34,41)(H,35,42)(H,36,40)(H,37,39)(H,43,44)(H4,29,30,32)/t14-,15+,17-,18-,19-,20-,21-/m0/s1. The van der Waals surface area contributed by atoms with Gasteiger partial charge in [0.1, 0.15) is 24.2 Å². The summed E-state index contributed by atoms with van der Waals surface area (Å²) in [5, 5.41) is 30.1. The molecule has 7 atom stereocenters. The van der Waals surface area contributed by atoms with Crippen LogP contribution in [-0.2, 0) is 30.4 Å². The number of aliphatic carboxylic acids is 1. The number of rotatable bonds is 19. The van der Waals surface area contributed by atoms with Crippen molar-refractivity contribution in [3.63, 3.8) is 0 Å². The third-order valence-electron chi connectivity index (χ3n) is 7.05. The number of guanidine groups is 1. The van der Waals surface area contributed by atoms with Crippen LogP contribution in [0, 0.1) is 11.8 Å². The number of carboxylic acids is 1. The van der Waals surface area contributed by atoms with Gasteiger partial charge in [0.15, 0.2) is 5.96 Å². The molecule has 0 saturated heterocycles. The maximum Gasteiger partial charge on any atom is 0.326 e. The predicted octanol–water partition coefficient (Wildman–Crippen LogP) is -2.56. The number of aliphatic hydroxyl groups is 1. The van der Waals surface area contributed by atoms with E-state index in [4.69, 9.17) is 17.2 Å². The Bertz CT molecular complexity index is 1120. The number of aliphatic hydroxyl groups excluding tert-OH is 1. The summed E-state index contributed by atoms with van der Waals surface area (Å²) in [4.78, 5) is 75.0. The summed E-state index contributed by atoms with van der Waals surface area (Å²) in [6.45, 7) is 8.35. The fourth-order valence-electron chi connectivity index (χ4n) is 4.03. The number of carbonyl (C=O) groups is 5. The Morgan fingerprint density at radius 2 is 1.52 bits per heavy atom. The second-order valence-electron chi connectivity index (χ2n) is 11.1. The van der Waals surface area contributed by atoms with Gasteiger partial charge in [-0.2, -0.15) is 0 Å². The van der Waals surface area contributed by atoms with Crippen LogP contribution in [0.4, 0.5) is 0 Å². The van der Waals surface area contributed by atoms with Gasteiger partial charge >= 0.3 is 5.97 Å². The Balaban J connectivity index is 3.19. The van der Waals surface area contributed by atoms with Crippen molar-refractivity contribution in [2.45, 2.75) is 96.6 Å². The Morgan fingerprint density at radius 1 is 0.932 bits per heavy atom. The highest BCUT2D eigenvalue weighted by molar-refractivity contribution is 5.95. The summed E-state index contributed by atoms with van der Waals surface area (Å²) >= 11 is 0. The molecule has 1 heterocycles. The molecule has 248 valence electrons. The second kappa shape index (κ2) is 18.4. The summed E-state index contributed by atoms with van der Waals surface area (Å²) in [6.07, 6.45) is 2.10. The maximum atomic E-state index is 13.4. The van der Waals surface area contributed by atoms with Crippen molar-refractivity contribution in [2.24, 2.45) is 34.0 Å². The number of H-pyrrole nitrogens is 1. The second-order valence-corrected chi connectivity index (χ2v) is 11.1. The van der Waals surface area contributed by atoms with Crippen molar-refractivity contribution in [2.75, 3.05) is 6.54 Å². The van der Waals surface area contributed by atoms with Crippen LogP contribution >= 0.6 is 0 Å². The van der Waals surface area contributed by atoms with Crippen molar-refractivity contribution in [1.29, 1.82) is 0 Å². The van der Waals surface area contributed by atoms with Gasteiger partial charge in [0.05, 0.1) is 18.5 Å². The van der Waals surface area contributed by atoms with Crippen molar-refractivity contribution in [1.82, 2.24) is 31.2 Å². The van der Waals surface area contributed by atoms with Crippen LogP contribution in [0.2, 0.25) is 0 Å². The van der Waals surface area contributed by atoms with Gasteiger partial charge in [0.2, 0.25) is 23.6 Å². The first-order valence-electron chi connectivity index (χ1n) is 14.5. The van der Waals surface area contributed by atoms with E-state index in [2.05, 4.69) is 36.2 Å².